The number of fused-ring (bicyclic) bond motifs is 4. The summed E-state index contributed by atoms with van der Waals surface area (Å²) in [5, 5.41) is 11.0. The second kappa shape index (κ2) is 6.13. The summed E-state index contributed by atoms with van der Waals surface area (Å²) in [6, 6.07) is 1.72. The fourth-order valence-electron chi connectivity index (χ4n) is 6.03. The van der Waals surface area contributed by atoms with Gasteiger partial charge >= 0.3 is 5.97 Å². The van der Waals surface area contributed by atoms with E-state index in [0.29, 0.717) is 34.8 Å². The number of aliphatic imine (C=N–C) groups is 1. The quantitative estimate of drug-likeness (QED) is 0.705. The smallest absolute Gasteiger partial charge is 0.343 e. The first kappa shape index (κ1) is 18.9. The Kier molecular flexibility index (Phi) is 3.74. The Hall–Kier alpha value is -2.80. The van der Waals surface area contributed by atoms with Crippen LogP contribution in [0.4, 0.5) is 4.39 Å². The van der Waals surface area contributed by atoms with E-state index in [1.54, 1.807) is 17.6 Å². The first-order valence-electron chi connectivity index (χ1n) is 10.9. The zero-order valence-corrected chi connectivity index (χ0v) is 17.5. The number of carbonyl (C=O) groups excluding carboxylic acids is 1. The number of nitrogens with zero attached hydrogens (tertiary/aromatic N) is 2. The summed E-state index contributed by atoms with van der Waals surface area (Å²) in [4.78, 5) is 30.5. The number of carbonyl (C=O) groups is 1. The predicted octanol–water partition coefficient (Wildman–Crippen LogP) is 3.17. The number of halogens is 1. The number of dihydropyridines is 1. The number of esters is 1. The van der Waals surface area contributed by atoms with E-state index in [1.165, 1.54) is 11.6 Å². The van der Waals surface area contributed by atoms with Gasteiger partial charge < -0.3 is 14.4 Å². The van der Waals surface area contributed by atoms with Crippen LogP contribution in [0.5, 0.6) is 0 Å². The first-order chi connectivity index (χ1) is 14.8. The predicted molar refractivity (Wildman–Crippen MR) is 111 cm³/mol. The van der Waals surface area contributed by atoms with Crippen LogP contribution in [0, 0.1) is 11.8 Å². The number of aromatic nitrogens is 1. The number of pyridine rings is 1. The Balaban J connectivity index is 1.60. The summed E-state index contributed by atoms with van der Waals surface area (Å²) >= 11 is 0. The molecule has 1 aromatic heterocycles. The van der Waals surface area contributed by atoms with Crippen molar-refractivity contribution >= 4 is 11.7 Å². The van der Waals surface area contributed by atoms with Crippen molar-refractivity contribution in [3.63, 3.8) is 0 Å². The van der Waals surface area contributed by atoms with Crippen LogP contribution in [0.25, 0.3) is 0 Å². The van der Waals surface area contributed by atoms with Gasteiger partial charge in [0, 0.05) is 11.5 Å². The number of cyclic esters (lactones) is 1. The fourth-order valence-corrected chi connectivity index (χ4v) is 6.03. The minimum atomic E-state index is -1.85. The summed E-state index contributed by atoms with van der Waals surface area (Å²) in [6.07, 6.45) is 4.46. The summed E-state index contributed by atoms with van der Waals surface area (Å²) < 4.78 is 21.4. The van der Waals surface area contributed by atoms with Crippen molar-refractivity contribution in [1.29, 1.82) is 0 Å². The van der Waals surface area contributed by atoms with Crippen LogP contribution in [0.15, 0.2) is 50.2 Å². The van der Waals surface area contributed by atoms with Gasteiger partial charge in [-0.15, -0.1) is 0 Å². The number of hydrogen-bond donors (Lipinski definition) is 1. The average molecular weight is 422 g/mol. The molecular weight excluding hydrogens is 399 g/mol. The van der Waals surface area contributed by atoms with Crippen molar-refractivity contribution in [2.45, 2.75) is 58.3 Å². The normalized spacial score (nSPS) is 30.8. The SMILES string of the molecule is CC[C@@]1(O)C(=O)OCc2c1cc1n(c2=O)CC2=C3CCCC4C(C)=C(F)C=C(N=C21)C34. The van der Waals surface area contributed by atoms with Crippen LogP contribution in [-0.2, 0) is 28.3 Å². The van der Waals surface area contributed by atoms with E-state index in [2.05, 4.69) is 0 Å². The molecule has 5 aliphatic rings. The molecule has 1 fully saturated rings. The lowest BCUT2D eigenvalue weighted by Gasteiger charge is -2.40. The van der Waals surface area contributed by atoms with Gasteiger partial charge in [-0.3, -0.25) is 9.79 Å². The van der Waals surface area contributed by atoms with Crippen molar-refractivity contribution < 1.29 is 19.0 Å². The minimum absolute atomic E-state index is 0.0733. The standard InChI is InChI=1S/C24H23FN2O4/c1-3-24(30)16-7-19-21-14(9-27(19)22(28)15(16)10-31-23(24)29)13-6-4-5-12-11(2)17(25)8-18(26-21)20(12)13/h7-8,12,20,30H,3-6,9-10H2,1-2H3/t12?,20?,24-/m0/s1. The van der Waals surface area contributed by atoms with Crippen molar-refractivity contribution in [2.24, 2.45) is 16.8 Å². The lowest BCUT2D eigenvalue weighted by Crippen LogP contribution is -2.44. The highest BCUT2D eigenvalue weighted by molar-refractivity contribution is 6.15. The molecule has 31 heavy (non-hydrogen) atoms. The number of aliphatic hydroxyl groups is 1. The third kappa shape index (κ3) is 2.27. The van der Waals surface area contributed by atoms with Crippen LogP contribution >= 0.6 is 0 Å². The van der Waals surface area contributed by atoms with Crippen molar-refractivity contribution in [3.05, 3.63) is 67.6 Å². The molecule has 0 aromatic carbocycles. The third-order valence-electron chi connectivity index (χ3n) is 7.78. The number of ether oxygens (including phenoxy) is 1. The zero-order valence-electron chi connectivity index (χ0n) is 17.5. The van der Waals surface area contributed by atoms with Gasteiger partial charge in [0.05, 0.1) is 29.2 Å². The van der Waals surface area contributed by atoms with Crippen molar-refractivity contribution in [3.8, 4) is 0 Å². The minimum Gasteiger partial charge on any atom is -0.458 e. The van der Waals surface area contributed by atoms with Gasteiger partial charge in [-0.05, 0) is 61.8 Å². The molecule has 160 valence electrons. The van der Waals surface area contributed by atoms with E-state index in [9.17, 15) is 19.1 Å². The highest BCUT2D eigenvalue weighted by Crippen LogP contribution is 2.51. The van der Waals surface area contributed by atoms with Gasteiger partial charge in [-0.1, -0.05) is 12.5 Å². The molecule has 6 nitrogen and oxygen atoms in total. The van der Waals surface area contributed by atoms with E-state index >= 15 is 0 Å². The van der Waals surface area contributed by atoms with Crippen molar-refractivity contribution in [1.82, 2.24) is 4.57 Å². The van der Waals surface area contributed by atoms with E-state index < -0.39 is 11.6 Å². The van der Waals surface area contributed by atoms with Gasteiger partial charge in [-0.2, -0.15) is 0 Å². The maximum atomic E-state index is 14.6. The zero-order chi connectivity index (χ0) is 21.7. The van der Waals surface area contributed by atoms with Gasteiger partial charge in [0.1, 0.15) is 12.4 Å². The van der Waals surface area contributed by atoms with Gasteiger partial charge in [0.25, 0.3) is 5.56 Å². The lowest BCUT2D eigenvalue weighted by atomic mass is 9.66. The van der Waals surface area contributed by atoms with Crippen LogP contribution in [-0.4, -0.2) is 21.4 Å². The lowest BCUT2D eigenvalue weighted by molar-refractivity contribution is -0.172. The Morgan fingerprint density at radius 3 is 2.97 bits per heavy atom. The molecule has 1 N–H and O–H groups in total. The molecule has 6 rings (SSSR count). The molecular formula is C24H23FN2O4. The molecule has 2 aliphatic carbocycles. The number of rotatable bonds is 1. The van der Waals surface area contributed by atoms with Crippen LogP contribution < -0.4 is 5.56 Å². The molecule has 0 saturated heterocycles. The van der Waals surface area contributed by atoms with E-state index in [1.807, 2.05) is 6.92 Å². The molecule has 2 unspecified atom stereocenters. The monoisotopic (exact) mass is 422 g/mol. The molecule has 4 heterocycles. The molecule has 0 spiro atoms. The fraction of sp³-hybridized carbons (Fsp3) is 0.458. The van der Waals surface area contributed by atoms with Crippen molar-refractivity contribution in [2.75, 3.05) is 0 Å². The van der Waals surface area contributed by atoms with Gasteiger partial charge in [0.15, 0.2) is 5.60 Å². The molecule has 7 heteroatoms. The molecule has 3 aliphatic heterocycles. The summed E-state index contributed by atoms with van der Waals surface area (Å²) in [7, 11) is 0. The summed E-state index contributed by atoms with van der Waals surface area (Å²) in [6.45, 7) is 3.82. The van der Waals surface area contributed by atoms with E-state index in [0.717, 1.165) is 30.4 Å². The largest absolute Gasteiger partial charge is 0.458 e. The molecule has 1 aromatic rings. The number of allylic oxidation sites excluding steroid dienone is 5. The third-order valence-corrected chi connectivity index (χ3v) is 7.78. The van der Waals surface area contributed by atoms with Crippen LogP contribution in [0.2, 0.25) is 0 Å². The molecule has 0 bridgehead atoms. The first-order valence-corrected chi connectivity index (χ1v) is 10.9. The van der Waals surface area contributed by atoms with E-state index in [4.69, 9.17) is 9.73 Å². The van der Waals surface area contributed by atoms with E-state index in [-0.39, 0.29) is 36.2 Å². The van der Waals surface area contributed by atoms with Gasteiger partial charge in [-0.25, -0.2) is 9.18 Å². The Morgan fingerprint density at radius 1 is 1.39 bits per heavy atom. The number of hydrogen-bond acceptors (Lipinski definition) is 5. The summed E-state index contributed by atoms with van der Waals surface area (Å²) in [5.41, 5.74) is 3.56. The molecule has 0 amide bonds. The summed E-state index contributed by atoms with van der Waals surface area (Å²) in [5.74, 6) is -0.758. The van der Waals surface area contributed by atoms with Gasteiger partial charge in [0.2, 0.25) is 0 Å². The Labute approximate surface area is 178 Å². The topological polar surface area (TPSA) is 80.9 Å². The maximum absolute atomic E-state index is 14.6. The molecule has 3 atom stereocenters. The Morgan fingerprint density at radius 2 is 2.19 bits per heavy atom. The maximum Gasteiger partial charge on any atom is 0.343 e. The Bertz CT molecular complexity index is 1260. The van der Waals surface area contributed by atoms with Crippen LogP contribution in [0.1, 0.15) is 56.4 Å². The second-order valence-electron chi connectivity index (χ2n) is 9.14. The second-order valence-corrected chi connectivity index (χ2v) is 9.14. The highest BCUT2D eigenvalue weighted by atomic mass is 19.1. The average Bonchev–Trinajstić information content (AvgIpc) is 3.14. The van der Waals surface area contributed by atoms with Crippen LogP contribution in [0.3, 0.4) is 0 Å². The highest BCUT2D eigenvalue weighted by Gasteiger charge is 2.47. The molecule has 0 radical (unpaired) electrons. The molecule has 1 saturated carbocycles.